The molecule has 7 nitrogen and oxygen atoms in total. The molecule has 1 saturated heterocycles. The van der Waals surface area contributed by atoms with Gasteiger partial charge in [0.05, 0.1) is 18.1 Å². The van der Waals surface area contributed by atoms with Crippen molar-refractivity contribution in [3.63, 3.8) is 0 Å². The summed E-state index contributed by atoms with van der Waals surface area (Å²) in [5.74, 6) is -0.000867. The second kappa shape index (κ2) is 6.28. The Balaban J connectivity index is 1.57. The molecule has 0 spiro atoms. The van der Waals surface area contributed by atoms with Crippen LogP contribution in [0.3, 0.4) is 0 Å². The molecule has 121 valence electrons. The van der Waals surface area contributed by atoms with Gasteiger partial charge in [-0.2, -0.15) is 5.10 Å². The number of nitrogens with zero attached hydrogens (tertiary/aromatic N) is 3. The lowest BCUT2D eigenvalue weighted by molar-refractivity contribution is -0.129. The summed E-state index contributed by atoms with van der Waals surface area (Å²) in [4.78, 5) is 26.7. The SMILES string of the molecule is Cc1cc(C[CH]C(=O)N2CCN(C(N)=O)CC2)cc2cn[nH]c12. The van der Waals surface area contributed by atoms with Gasteiger partial charge in [0.15, 0.2) is 0 Å². The van der Waals surface area contributed by atoms with E-state index in [4.69, 9.17) is 5.73 Å². The van der Waals surface area contributed by atoms with E-state index in [1.54, 1.807) is 22.4 Å². The molecule has 2 heterocycles. The van der Waals surface area contributed by atoms with Crippen LogP contribution in [0.15, 0.2) is 18.3 Å². The second-order valence-corrected chi connectivity index (χ2v) is 5.81. The molecule has 2 aromatic rings. The van der Waals surface area contributed by atoms with E-state index < -0.39 is 6.03 Å². The quantitative estimate of drug-likeness (QED) is 0.879. The van der Waals surface area contributed by atoms with Crippen LogP contribution >= 0.6 is 0 Å². The van der Waals surface area contributed by atoms with Gasteiger partial charge in [0.2, 0.25) is 5.91 Å². The van der Waals surface area contributed by atoms with E-state index in [9.17, 15) is 9.59 Å². The van der Waals surface area contributed by atoms with Gasteiger partial charge in [0.25, 0.3) is 0 Å². The summed E-state index contributed by atoms with van der Waals surface area (Å²) in [6.07, 6.45) is 4.06. The maximum Gasteiger partial charge on any atom is 0.314 e. The van der Waals surface area contributed by atoms with Crippen LogP contribution in [-0.4, -0.2) is 58.1 Å². The van der Waals surface area contributed by atoms with Crippen LogP contribution in [0.25, 0.3) is 10.9 Å². The fourth-order valence-corrected chi connectivity index (χ4v) is 2.91. The average molecular weight is 314 g/mol. The molecule has 0 aliphatic carbocycles. The molecule has 1 fully saturated rings. The summed E-state index contributed by atoms with van der Waals surface area (Å²) in [6.45, 7) is 4.06. The van der Waals surface area contributed by atoms with Gasteiger partial charge < -0.3 is 15.5 Å². The number of carbonyl (C=O) groups excluding carboxylic acids is 2. The Labute approximate surface area is 134 Å². The lowest BCUT2D eigenvalue weighted by Gasteiger charge is -2.33. The van der Waals surface area contributed by atoms with E-state index in [1.165, 1.54) is 0 Å². The molecule has 3 N–H and O–H groups in total. The molecule has 1 aliphatic heterocycles. The van der Waals surface area contributed by atoms with Gasteiger partial charge >= 0.3 is 6.03 Å². The Kier molecular flexibility index (Phi) is 4.18. The summed E-state index contributed by atoms with van der Waals surface area (Å²) in [5, 5.41) is 8.06. The summed E-state index contributed by atoms with van der Waals surface area (Å²) in [7, 11) is 0. The highest BCUT2D eigenvalue weighted by molar-refractivity contribution is 5.86. The van der Waals surface area contributed by atoms with E-state index in [1.807, 2.05) is 13.0 Å². The minimum atomic E-state index is -0.426. The van der Waals surface area contributed by atoms with Gasteiger partial charge in [-0.3, -0.25) is 9.89 Å². The number of carbonyl (C=O) groups is 2. The molecule has 0 bridgehead atoms. The van der Waals surface area contributed by atoms with E-state index >= 15 is 0 Å². The second-order valence-electron chi connectivity index (χ2n) is 5.81. The van der Waals surface area contributed by atoms with Gasteiger partial charge in [-0.25, -0.2) is 4.79 Å². The molecule has 1 aromatic carbocycles. The van der Waals surface area contributed by atoms with E-state index in [-0.39, 0.29) is 5.91 Å². The Hall–Kier alpha value is -2.57. The third-order valence-electron chi connectivity index (χ3n) is 4.22. The average Bonchev–Trinajstić information content (AvgIpc) is 3.02. The van der Waals surface area contributed by atoms with Crippen molar-refractivity contribution in [2.45, 2.75) is 13.3 Å². The van der Waals surface area contributed by atoms with E-state index in [2.05, 4.69) is 16.3 Å². The minimum Gasteiger partial charge on any atom is -0.351 e. The van der Waals surface area contributed by atoms with Gasteiger partial charge in [-0.1, -0.05) is 6.07 Å². The number of hydrogen-bond acceptors (Lipinski definition) is 3. The maximum atomic E-state index is 12.3. The fourth-order valence-electron chi connectivity index (χ4n) is 2.91. The predicted molar refractivity (Wildman–Crippen MR) is 86.6 cm³/mol. The zero-order chi connectivity index (χ0) is 16.4. The van der Waals surface area contributed by atoms with Gasteiger partial charge in [-0.05, 0) is 30.5 Å². The maximum absolute atomic E-state index is 12.3. The minimum absolute atomic E-state index is 0.000867. The zero-order valence-corrected chi connectivity index (χ0v) is 13.1. The molecule has 1 aliphatic rings. The molecule has 7 heteroatoms. The number of primary amides is 1. The molecule has 3 amide bonds. The number of benzene rings is 1. The van der Waals surface area contributed by atoms with Crippen molar-refractivity contribution in [1.82, 2.24) is 20.0 Å². The lowest BCUT2D eigenvalue weighted by Crippen LogP contribution is -2.52. The summed E-state index contributed by atoms with van der Waals surface area (Å²) < 4.78 is 0. The smallest absolute Gasteiger partial charge is 0.314 e. The molecule has 0 saturated carbocycles. The number of aryl methyl sites for hydroxylation is 1. The van der Waals surface area contributed by atoms with Crippen molar-refractivity contribution in [1.29, 1.82) is 0 Å². The molecule has 1 radical (unpaired) electrons. The predicted octanol–water partition coefficient (Wildman–Crippen LogP) is 0.841. The van der Waals surface area contributed by atoms with Gasteiger partial charge in [-0.15, -0.1) is 0 Å². The number of piperazine rings is 1. The highest BCUT2D eigenvalue weighted by Gasteiger charge is 2.22. The number of nitrogens with two attached hydrogens (primary N) is 1. The largest absolute Gasteiger partial charge is 0.351 e. The topological polar surface area (TPSA) is 95.3 Å². The number of amides is 3. The Morgan fingerprint density at radius 2 is 1.96 bits per heavy atom. The molecular weight excluding hydrogens is 294 g/mol. The molecular formula is C16H20N5O2. The third-order valence-corrected chi connectivity index (χ3v) is 4.22. The summed E-state index contributed by atoms with van der Waals surface area (Å²) in [5.41, 5.74) is 8.47. The van der Waals surface area contributed by atoms with Crippen LogP contribution in [0, 0.1) is 13.3 Å². The Morgan fingerprint density at radius 3 is 2.65 bits per heavy atom. The van der Waals surface area contributed by atoms with Crippen LogP contribution in [0.5, 0.6) is 0 Å². The van der Waals surface area contributed by atoms with Crippen molar-refractivity contribution in [3.05, 3.63) is 35.9 Å². The summed E-state index contributed by atoms with van der Waals surface area (Å²) in [6, 6.07) is 3.68. The van der Waals surface area contributed by atoms with Crippen molar-refractivity contribution in [2.75, 3.05) is 26.2 Å². The fraction of sp³-hybridized carbons (Fsp3) is 0.375. The Bertz CT molecular complexity index is 731. The number of hydrogen-bond donors (Lipinski definition) is 2. The first-order valence-electron chi connectivity index (χ1n) is 7.63. The van der Waals surface area contributed by atoms with Crippen LogP contribution in [0.2, 0.25) is 0 Å². The van der Waals surface area contributed by atoms with E-state index in [0.717, 1.165) is 22.0 Å². The number of aromatic nitrogens is 2. The first-order valence-corrected chi connectivity index (χ1v) is 7.63. The van der Waals surface area contributed by atoms with Crippen LogP contribution in [-0.2, 0) is 11.2 Å². The van der Waals surface area contributed by atoms with Crippen LogP contribution in [0.1, 0.15) is 11.1 Å². The number of fused-ring (bicyclic) bond motifs is 1. The number of aromatic amines is 1. The molecule has 1 aromatic heterocycles. The first kappa shape index (κ1) is 15.3. The van der Waals surface area contributed by atoms with Crippen molar-refractivity contribution < 1.29 is 9.59 Å². The number of H-pyrrole nitrogens is 1. The lowest BCUT2D eigenvalue weighted by atomic mass is 10.0. The standard InChI is InChI=1S/C16H20N5O2/c1-11-8-12(9-13-10-18-19-15(11)13)2-3-14(22)20-4-6-21(7-5-20)16(17)23/h3,8-10H,2,4-7H2,1H3,(H2,17,23)(H,18,19). The molecule has 0 unspecified atom stereocenters. The third kappa shape index (κ3) is 3.28. The van der Waals surface area contributed by atoms with Gasteiger partial charge in [0.1, 0.15) is 0 Å². The molecule has 23 heavy (non-hydrogen) atoms. The summed E-state index contributed by atoms with van der Waals surface area (Å²) >= 11 is 0. The van der Waals surface area contributed by atoms with E-state index in [0.29, 0.717) is 32.6 Å². The number of rotatable bonds is 3. The first-order chi connectivity index (χ1) is 11.0. The zero-order valence-electron chi connectivity index (χ0n) is 13.1. The molecule has 3 rings (SSSR count). The number of nitrogens with one attached hydrogen (secondary N) is 1. The number of urea groups is 1. The van der Waals surface area contributed by atoms with Crippen LogP contribution < -0.4 is 5.73 Å². The van der Waals surface area contributed by atoms with Crippen LogP contribution in [0.4, 0.5) is 4.79 Å². The highest BCUT2D eigenvalue weighted by Crippen LogP contribution is 2.19. The Morgan fingerprint density at radius 1 is 1.26 bits per heavy atom. The highest BCUT2D eigenvalue weighted by atomic mass is 16.2. The van der Waals surface area contributed by atoms with Crippen molar-refractivity contribution in [3.8, 4) is 0 Å². The molecule has 0 atom stereocenters. The van der Waals surface area contributed by atoms with Gasteiger partial charge in [0, 0.05) is 31.6 Å². The van der Waals surface area contributed by atoms with Crippen molar-refractivity contribution >= 4 is 22.8 Å². The van der Waals surface area contributed by atoms with Crippen molar-refractivity contribution in [2.24, 2.45) is 5.73 Å². The normalized spacial score (nSPS) is 15.2. The monoisotopic (exact) mass is 314 g/mol.